The molecule has 0 aliphatic carbocycles. The zero-order valence-corrected chi connectivity index (χ0v) is 10.5. The van der Waals surface area contributed by atoms with Crippen LogP contribution in [0.3, 0.4) is 0 Å². The summed E-state index contributed by atoms with van der Waals surface area (Å²) < 4.78 is 15.3. The minimum atomic E-state index is -1.63. The smallest absolute Gasteiger partial charge is 0.337 e. The van der Waals surface area contributed by atoms with Gasteiger partial charge >= 0.3 is 5.97 Å². The largest absolute Gasteiger partial charge is 0.490 e. The van der Waals surface area contributed by atoms with Crippen LogP contribution in [0.25, 0.3) is 0 Å². The number of ether oxygens (including phenoxy) is 3. The number of fused-ring (bicyclic) bond motifs is 1. The van der Waals surface area contributed by atoms with E-state index < -0.39 is 18.2 Å². The van der Waals surface area contributed by atoms with Crippen molar-refractivity contribution in [3.63, 3.8) is 0 Å². The van der Waals surface area contributed by atoms with Crippen molar-refractivity contribution in [1.29, 1.82) is 0 Å². The van der Waals surface area contributed by atoms with E-state index in [2.05, 4.69) is 4.74 Å². The first kappa shape index (κ1) is 13.6. The summed E-state index contributed by atoms with van der Waals surface area (Å²) in [6.07, 6.45) is -2.23. The number of methoxy groups -OCH3 is 1. The normalized spacial score (nSPS) is 17.2. The molecule has 0 saturated heterocycles. The van der Waals surface area contributed by atoms with Gasteiger partial charge in [-0.05, 0) is 17.7 Å². The van der Waals surface area contributed by atoms with E-state index in [1.807, 2.05) is 0 Å². The monoisotopic (exact) mass is 268 g/mol. The zero-order chi connectivity index (χ0) is 13.8. The Morgan fingerprint density at radius 2 is 1.95 bits per heavy atom. The minimum Gasteiger partial charge on any atom is -0.490 e. The quantitative estimate of drug-likeness (QED) is 0.773. The van der Waals surface area contributed by atoms with Gasteiger partial charge in [0.15, 0.2) is 17.6 Å². The van der Waals surface area contributed by atoms with E-state index in [0.717, 1.165) is 13.5 Å². The Morgan fingerprint density at radius 3 is 2.63 bits per heavy atom. The van der Waals surface area contributed by atoms with E-state index in [4.69, 9.17) is 9.47 Å². The van der Waals surface area contributed by atoms with E-state index in [0.29, 0.717) is 30.3 Å². The SMILES string of the molecule is COC(=O)C(O)C(O)c1ccc2c(c1)OCCCO2. The fourth-order valence-corrected chi connectivity index (χ4v) is 1.80. The number of aliphatic hydroxyl groups excluding tert-OH is 2. The molecule has 0 fully saturated rings. The molecule has 0 bridgehead atoms. The summed E-state index contributed by atoms with van der Waals surface area (Å²) >= 11 is 0. The number of benzene rings is 1. The average Bonchev–Trinajstić information content (AvgIpc) is 2.69. The number of rotatable bonds is 3. The Kier molecular flexibility index (Phi) is 4.24. The minimum absolute atomic E-state index is 0.363. The lowest BCUT2D eigenvalue weighted by Crippen LogP contribution is -2.29. The van der Waals surface area contributed by atoms with Crippen molar-refractivity contribution in [2.45, 2.75) is 18.6 Å². The van der Waals surface area contributed by atoms with Crippen molar-refractivity contribution in [1.82, 2.24) is 0 Å². The predicted molar refractivity (Wildman–Crippen MR) is 65.0 cm³/mol. The molecule has 0 radical (unpaired) electrons. The van der Waals surface area contributed by atoms with Crippen LogP contribution in [0.4, 0.5) is 0 Å². The molecule has 1 aliphatic rings. The zero-order valence-electron chi connectivity index (χ0n) is 10.5. The van der Waals surface area contributed by atoms with Crippen molar-refractivity contribution < 1.29 is 29.2 Å². The van der Waals surface area contributed by atoms with Crippen LogP contribution in [-0.4, -0.2) is 42.6 Å². The number of hydrogen-bond donors (Lipinski definition) is 2. The molecule has 1 aliphatic heterocycles. The van der Waals surface area contributed by atoms with E-state index >= 15 is 0 Å². The molecule has 0 amide bonds. The molecule has 2 unspecified atom stereocenters. The molecule has 19 heavy (non-hydrogen) atoms. The Bertz CT molecular complexity index is 458. The van der Waals surface area contributed by atoms with Crippen LogP contribution in [-0.2, 0) is 9.53 Å². The Hall–Kier alpha value is -1.79. The van der Waals surface area contributed by atoms with Crippen LogP contribution in [0.5, 0.6) is 11.5 Å². The second-order valence-corrected chi connectivity index (χ2v) is 4.17. The van der Waals surface area contributed by atoms with E-state index in [-0.39, 0.29) is 0 Å². The first-order chi connectivity index (χ1) is 9.13. The fourth-order valence-electron chi connectivity index (χ4n) is 1.80. The van der Waals surface area contributed by atoms with Crippen molar-refractivity contribution in [3.05, 3.63) is 23.8 Å². The van der Waals surface area contributed by atoms with E-state index in [9.17, 15) is 15.0 Å². The van der Waals surface area contributed by atoms with E-state index in [1.165, 1.54) is 0 Å². The van der Waals surface area contributed by atoms with Crippen molar-refractivity contribution >= 4 is 5.97 Å². The molecule has 2 N–H and O–H groups in total. The lowest BCUT2D eigenvalue weighted by atomic mass is 10.0. The number of aliphatic hydroxyl groups is 2. The molecule has 1 heterocycles. The molecule has 1 aromatic carbocycles. The van der Waals surface area contributed by atoms with Gasteiger partial charge in [0, 0.05) is 6.42 Å². The summed E-state index contributed by atoms with van der Waals surface area (Å²) in [5.74, 6) is 0.187. The van der Waals surface area contributed by atoms with Crippen LogP contribution in [0, 0.1) is 0 Å². The van der Waals surface area contributed by atoms with Gasteiger partial charge in [0.05, 0.1) is 20.3 Å². The Morgan fingerprint density at radius 1 is 1.26 bits per heavy atom. The second kappa shape index (κ2) is 5.90. The highest BCUT2D eigenvalue weighted by Gasteiger charge is 2.27. The first-order valence-corrected chi connectivity index (χ1v) is 5.97. The van der Waals surface area contributed by atoms with Crippen LogP contribution in [0.15, 0.2) is 18.2 Å². The standard InChI is InChI=1S/C13H16O6/c1-17-13(16)12(15)11(14)8-3-4-9-10(7-8)19-6-2-5-18-9/h3-4,7,11-12,14-15H,2,5-6H2,1H3. The van der Waals surface area contributed by atoms with Gasteiger partial charge in [-0.15, -0.1) is 0 Å². The molecule has 6 nitrogen and oxygen atoms in total. The summed E-state index contributed by atoms with van der Waals surface area (Å²) in [6, 6.07) is 4.77. The number of hydrogen-bond acceptors (Lipinski definition) is 6. The molecule has 2 atom stereocenters. The highest BCUT2D eigenvalue weighted by Crippen LogP contribution is 2.33. The van der Waals surface area contributed by atoms with Gasteiger partial charge in [0.2, 0.25) is 0 Å². The van der Waals surface area contributed by atoms with Gasteiger partial charge in [0.1, 0.15) is 6.10 Å². The maximum Gasteiger partial charge on any atom is 0.337 e. The van der Waals surface area contributed by atoms with Crippen molar-refractivity contribution in [2.24, 2.45) is 0 Å². The summed E-state index contributed by atoms with van der Waals surface area (Å²) in [5.41, 5.74) is 0.363. The van der Waals surface area contributed by atoms with Crippen LogP contribution < -0.4 is 9.47 Å². The lowest BCUT2D eigenvalue weighted by Gasteiger charge is -2.17. The maximum absolute atomic E-state index is 11.2. The van der Waals surface area contributed by atoms with Gasteiger partial charge in [0.25, 0.3) is 0 Å². The van der Waals surface area contributed by atoms with E-state index in [1.54, 1.807) is 18.2 Å². The highest BCUT2D eigenvalue weighted by molar-refractivity contribution is 5.75. The van der Waals surface area contributed by atoms with Gasteiger partial charge in [-0.3, -0.25) is 0 Å². The number of carbonyl (C=O) groups is 1. The third kappa shape index (κ3) is 2.97. The predicted octanol–water partition coefficient (Wildman–Crippen LogP) is 0.415. The van der Waals surface area contributed by atoms with Crippen molar-refractivity contribution in [2.75, 3.05) is 20.3 Å². The molecule has 0 saturated carbocycles. The molecule has 0 spiro atoms. The molecule has 0 aromatic heterocycles. The highest BCUT2D eigenvalue weighted by atomic mass is 16.5. The Balaban J connectivity index is 2.21. The van der Waals surface area contributed by atoms with Gasteiger partial charge < -0.3 is 24.4 Å². The molecular formula is C13H16O6. The van der Waals surface area contributed by atoms with Crippen LogP contribution in [0.2, 0.25) is 0 Å². The number of carbonyl (C=O) groups excluding carboxylic acids is 1. The number of esters is 1. The Labute approximate surface area is 110 Å². The molecular weight excluding hydrogens is 252 g/mol. The lowest BCUT2D eigenvalue weighted by molar-refractivity contribution is -0.156. The average molecular weight is 268 g/mol. The summed E-state index contributed by atoms with van der Waals surface area (Å²) in [7, 11) is 1.15. The summed E-state index contributed by atoms with van der Waals surface area (Å²) in [5, 5.41) is 19.5. The van der Waals surface area contributed by atoms with Gasteiger partial charge in [-0.1, -0.05) is 6.07 Å². The van der Waals surface area contributed by atoms with Gasteiger partial charge in [-0.2, -0.15) is 0 Å². The maximum atomic E-state index is 11.2. The summed E-state index contributed by atoms with van der Waals surface area (Å²) in [6.45, 7) is 1.09. The molecule has 1 aromatic rings. The second-order valence-electron chi connectivity index (χ2n) is 4.17. The molecule has 6 heteroatoms. The summed E-state index contributed by atoms with van der Waals surface area (Å²) in [4.78, 5) is 11.2. The third-order valence-corrected chi connectivity index (χ3v) is 2.85. The third-order valence-electron chi connectivity index (χ3n) is 2.85. The van der Waals surface area contributed by atoms with Gasteiger partial charge in [-0.25, -0.2) is 4.79 Å². The fraction of sp³-hybridized carbons (Fsp3) is 0.462. The topological polar surface area (TPSA) is 85.2 Å². The molecule has 2 rings (SSSR count). The van der Waals surface area contributed by atoms with Crippen LogP contribution in [0.1, 0.15) is 18.1 Å². The molecule has 104 valence electrons. The first-order valence-electron chi connectivity index (χ1n) is 5.97. The van der Waals surface area contributed by atoms with Crippen molar-refractivity contribution in [3.8, 4) is 11.5 Å². The van der Waals surface area contributed by atoms with Crippen LogP contribution >= 0.6 is 0 Å².